The number of rotatable bonds is 13. The Balaban J connectivity index is 0. The molecule has 0 heterocycles. The number of hydrogen-bond acceptors (Lipinski definition) is 4. The number of carboxylic acid groups (broad SMARTS) is 1. The Labute approximate surface area is 146 Å². The van der Waals surface area contributed by atoms with Crippen molar-refractivity contribution >= 4 is 11.9 Å². The molecule has 0 aliphatic rings. The summed E-state index contributed by atoms with van der Waals surface area (Å²) < 4.78 is 4.77. The highest BCUT2D eigenvalue weighted by atomic mass is 16.5. The van der Waals surface area contributed by atoms with E-state index in [9.17, 15) is 14.7 Å². The van der Waals surface area contributed by atoms with E-state index in [0.717, 1.165) is 18.9 Å². The monoisotopic (exact) mass is 342 g/mol. The molecule has 0 saturated heterocycles. The van der Waals surface area contributed by atoms with Gasteiger partial charge >= 0.3 is 11.9 Å². The second-order valence-corrected chi connectivity index (χ2v) is 5.84. The minimum atomic E-state index is -0.935. The van der Waals surface area contributed by atoms with Crippen LogP contribution in [0.5, 0.6) is 0 Å². The summed E-state index contributed by atoms with van der Waals surface area (Å²) in [6.07, 6.45) is 11.3. The van der Waals surface area contributed by atoms with Gasteiger partial charge in [-0.2, -0.15) is 0 Å². The molecule has 0 spiro atoms. The molecule has 0 aromatic rings. The molecule has 0 amide bonds. The molecule has 1 atom stereocenters. The van der Waals surface area contributed by atoms with Crippen molar-refractivity contribution in [2.75, 3.05) is 6.61 Å². The molecule has 5 heteroatoms. The summed E-state index contributed by atoms with van der Waals surface area (Å²) in [6, 6.07) is 0. The molecule has 140 valence electrons. The van der Waals surface area contributed by atoms with Crippen molar-refractivity contribution in [3.63, 3.8) is 0 Å². The van der Waals surface area contributed by atoms with Crippen LogP contribution >= 0.6 is 0 Å². The van der Waals surface area contributed by atoms with Crippen LogP contribution in [-0.2, 0) is 14.3 Å². The Morgan fingerprint density at radius 3 is 1.96 bits per heavy atom. The number of hydrogen-bond donors (Lipinski definition) is 2. The van der Waals surface area contributed by atoms with Crippen LogP contribution in [-0.4, -0.2) is 34.9 Å². The summed E-state index contributed by atoms with van der Waals surface area (Å²) in [5, 5.41) is 17.4. The first-order valence-corrected chi connectivity index (χ1v) is 8.71. The van der Waals surface area contributed by atoms with Crippen LogP contribution in [0, 0.1) is 0 Å². The maximum absolute atomic E-state index is 10.8. The molecule has 5 nitrogen and oxygen atoms in total. The molecule has 0 bridgehead atoms. The van der Waals surface area contributed by atoms with Gasteiger partial charge in [-0.1, -0.05) is 71.4 Å². The van der Waals surface area contributed by atoms with E-state index in [0.29, 0.717) is 6.42 Å². The smallest absolute Gasteiger partial charge is 0.330 e. The Morgan fingerprint density at radius 1 is 1.08 bits per heavy atom. The molecule has 2 N–H and O–H groups in total. The fraction of sp³-hybridized carbons (Fsp3) is 0.684. The van der Waals surface area contributed by atoms with Crippen molar-refractivity contribution in [2.24, 2.45) is 0 Å². The van der Waals surface area contributed by atoms with Crippen LogP contribution in [0.2, 0.25) is 0 Å². The average Bonchev–Trinajstić information content (AvgIpc) is 2.55. The number of ether oxygens (including phenoxy) is 1. The minimum absolute atomic E-state index is 0.0847. The van der Waals surface area contributed by atoms with Gasteiger partial charge in [-0.15, -0.1) is 0 Å². The van der Waals surface area contributed by atoms with E-state index in [1.54, 1.807) is 0 Å². The Hall–Kier alpha value is -1.62. The molecule has 0 fully saturated rings. The molecule has 0 rings (SSSR count). The van der Waals surface area contributed by atoms with Crippen molar-refractivity contribution in [2.45, 2.75) is 77.7 Å². The first kappa shape index (κ1) is 24.6. The Kier molecular flexibility index (Phi) is 18.2. The summed E-state index contributed by atoms with van der Waals surface area (Å²) in [4.78, 5) is 20.4. The maximum Gasteiger partial charge on any atom is 0.330 e. The largest absolute Gasteiger partial charge is 0.478 e. The van der Waals surface area contributed by atoms with Gasteiger partial charge in [0, 0.05) is 11.6 Å². The van der Waals surface area contributed by atoms with E-state index in [2.05, 4.69) is 20.1 Å². The normalized spacial score (nSPS) is 11.0. The second kappa shape index (κ2) is 17.7. The predicted octanol–water partition coefficient (Wildman–Crippen LogP) is 4.25. The van der Waals surface area contributed by atoms with E-state index < -0.39 is 18.0 Å². The summed E-state index contributed by atoms with van der Waals surface area (Å²) in [5.41, 5.74) is 0.176. The van der Waals surface area contributed by atoms with Crippen molar-refractivity contribution in [1.29, 1.82) is 0 Å². The van der Waals surface area contributed by atoms with Gasteiger partial charge < -0.3 is 14.9 Å². The molecule has 0 aromatic heterocycles. The molecule has 0 saturated carbocycles. The lowest BCUT2D eigenvalue weighted by atomic mass is 10.1. The third kappa shape index (κ3) is 20.4. The molecule has 0 aliphatic heterocycles. The van der Waals surface area contributed by atoms with Gasteiger partial charge in [0.1, 0.15) is 6.61 Å². The van der Waals surface area contributed by atoms with Crippen molar-refractivity contribution in [1.82, 2.24) is 0 Å². The zero-order chi connectivity index (χ0) is 18.8. The quantitative estimate of drug-likeness (QED) is 0.297. The zero-order valence-corrected chi connectivity index (χ0v) is 15.3. The number of carbonyl (C=O) groups is 2. The molecule has 0 radical (unpaired) electrons. The van der Waals surface area contributed by atoms with E-state index in [-0.39, 0.29) is 12.2 Å². The highest BCUT2D eigenvalue weighted by Crippen LogP contribution is 2.10. The fourth-order valence-electron chi connectivity index (χ4n) is 1.83. The van der Waals surface area contributed by atoms with Crippen LogP contribution in [0.4, 0.5) is 0 Å². The number of unbranched alkanes of at least 4 members (excludes halogenated alkanes) is 7. The molecular weight excluding hydrogens is 308 g/mol. The Bertz CT molecular complexity index is 351. The number of aliphatic hydroxyl groups is 1. The third-order valence-corrected chi connectivity index (χ3v) is 3.34. The van der Waals surface area contributed by atoms with Crippen LogP contribution in [0.15, 0.2) is 24.8 Å². The van der Waals surface area contributed by atoms with Gasteiger partial charge in [-0.25, -0.2) is 9.59 Å². The fourth-order valence-corrected chi connectivity index (χ4v) is 1.83. The van der Waals surface area contributed by atoms with E-state index in [1.165, 1.54) is 45.4 Å². The van der Waals surface area contributed by atoms with E-state index >= 15 is 0 Å². The average molecular weight is 342 g/mol. The summed E-state index contributed by atoms with van der Waals surface area (Å²) in [5.74, 6) is -1.40. The van der Waals surface area contributed by atoms with E-state index in [4.69, 9.17) is 9.84 Å². The van der Waals surface area contributed by atoms with E-state index in [1.807, 2.05) is 0 Å². The molecule has 0 aliphatic carbocycles. The lowest BCUT2D eigenvalue weighted by Gasteiger charge is -2.10. The van der Waals surface area contributed by atoms with Crippen molar-refractivity contribution < 1.29 is 24.5 Å². The van der Waals surface area contributed by atoms with Gasteiger partial charge in [0.05, 0.1) is 6.10 Å². The number of aliphatic hydroxyl groups excluding tert-OH is 1. The number of esters is 1. The molecule has 24 heavy (non-hydrogen) atoms. The van der Waals surface area contributed by atoms with Crippen LogP contribution in [0.3, 0.4) is 0 Å². The summed E-state index contributed by atoms with van der Waals surface area (Å²) >= 11 is 0. The van der Waals surface area contributed by atoms with Gasteiger partial charge in [0.2, 0.25) is 0 Å². The third-order valence-electron chi connectivity index (χ3n) is 3.34. The van der Waals surface area contributed by atoms with Crippen molar-refractivity contribution in [3.05, 3.63) is 24.8 Å². The second-order valence-electron chi connectivity index (χ2n) is 5.84. The van der Waals surface area contributed by atoms with Gasteiger partial charge in [-0.05, 0) is 13.3 Å². The summed E-state index contributed by atoms with van der Waals surface area (Å²) in [6.45, 7) is 10.2. The minimum Gasteiger partial charge on any atom is -0.478 e. The number of carboxylic acids is 1. The molecule has 1 unspecified atom stereocenters. The van der Waals surface area contributed by atoms with Crippen LogP contribution < -0.4 is 0 Å². The maximum atomic E-state index is 10.8. The molecule has 0 aromatic carbocycles. The lowest BCUT2D eigenvalue weighted by Crippen LogP contribution is -2.17. The highest BCUT2D eigenvalue weighted by Gasteiger charge is 2.06. The number of carbonyl (C=O) groups excluding carboxylic acids is 1. The van der Waals surface area contributed by atoms with Gasteiger partial charge in [-0.3, -0.25) is 0 Å². The highest BCUT2D eigenvalue weighted by molar-refractivity contribution is 5.84. The standard InChI is InChI=1S/C15H28O3.C4H6O2/c1-3-5-6-7-8-9-10-11-12-14(16)13-18-15(17)4-2;1-3(2)4(5)6/h4,14,16H,2-3,5-13H2,1H3;1H2,2H3,(H,5,6). The topological polar surface area (TPSA) is 83.8 Å². The van der Waals surface area contributed by atoms with Crippen LogP contribution in [0.25, 0.3) is 0 Å². The number of aliphatic carboxylic acids is 1. The van der Waals surface area contributed by atoms with Gasteiger partial charge in [0.15, 0.2) is 0 Å². The van der Waals surface area contributed by atoms with Crippen molar-refractivity contribution in [3.8, 4) is 0 Å². The molecular formula is C19H34O5. The SMILES string of the molecule is C=C(C)C(=O)O.C=CC(=O)OCC(O)CCCCCCCCCC. The van der Waals surface area contributed by atoms with Gasteiger partial charge in [0.25, 0.3) is 0 Å². The lowest BCUT2D eigenvalue weighted by molar-refractivity contribution is -0.140. The first-order chi connectivity index (χ1) is 11.3. The first-order valence-electron chi connectivity index (χ1n) is 8.71. The zero-order valence-electron chi connectivity index (χ0n) is 15.3. The van der Waals surface area contributed by atoms with Crippen LogP contribution in [0.1, 0.15) is 71.6 Å². The summed E-state index contributed by atoms with van der Waals surface area (Å²) in [7, 11) is 0. The predicted molar refractivity (Wildman–Crippen MR) is 96.8 cm³/mol. The Morgan fingerprint density at radius 2 is 1.54 bits per heavy atom.